The second-order valence-corrected chi connectivity index (χ2v) is 3.07. The van der Waals surface area contributed by atoms with Crippen molar-refractivity contribution >= 4 is 17.0 Å². The zero-order chi connectivity index (χ0) is 9.97. The van der Waals surface area contributed by atoms with Crippen LogP contribution in [0.1, 0.15) is 6.42 Å². The molecule has 1 N–H and O–H groups in total. The monoisotopic (exact) mass is 190 g/mol. The average molecular weight is 190 g/mol. The van der Waals surface area contributed by atoms with E-state index in [0.29, 0.717) is 6.54 Å². The van der Waals surface area contributed by atoms with Gasteiger partial charge >= 0.3 is 5.97 Å². The highest BCUT2D eigenvalue weighted by Crippen LogP contribution is 2.12. The number of aryl methyl sites for hydroxylation is 1. The summed E-state index contributed by atoms with van der Waals surface area (Å²) in [6, 6.07) is 5.76. The van der Waals surface area contributed by atoms with Gasteiger partial charge in [-0.05, 0) is 18.2 Å². The third-order valence-electron chi connectivity index (χ3n) is 2.09. The van der Waals surface area contributed by atoms with Gasteiger partial charge in [0.25, 0.3) is 0 Å². The van der Waals surface area contributed by atoms with Crippen LogP contribution in [0.25, 0.3) is 11.0 Å². The minimum absolute atomic E-state index is 0.125. The number of rotatable bonds is 3. The molecule has 0 aliphatic carbocycles. The van der Waals surface area contributed by atoms with Crippen molar-refractivity contribution in [2.24, 2.45) is 0 Å². The van der Waals surface area contributed by atoms with Gasteiger partial charge in [0, 0.05) is 24.3 Å². The fourth-order valence-corrected chi connectivity index (χ4v) is 1.42. The third-order valence-corrected chi connectivity index (χ3v) is 2.09. The predicted molar refractivity (Wildman–Crippen MR) is 52.0 cm³/mol. The largest absolute Gasteiger partial charge is 0.481 e. The molecule has 2 aromatic heterocycles. The Morgan fingerprint density at radius 3 is 3.14 bits per heavy atom. The van der Waals surface area contributed by atoms with Crippen molar-refractivity contribution in [2.45, 2.75) is 13.0 Å². The summed E-state index contributed by atoms with van der Waals surface area (Å²) in [6.07, 6.45) is 3.70. The smallest absolute Gasteiger partial charge is 0.305 e. The van der Waals surface area contributed by atoms with Crippen molar-refractivity contribution in [3.05, 3.63) is 30.6 Å². The fourth-order valence-electron chi connectivity index (χ4n) is 1.42. The quantitative estimate of drug-likeness (QED) is 0.798. The number of carboxylic acid groups (broad SMARTS) is 1. The van der Waals surface area contributed by atoms with Gasteiger partial charge in [0.15, 0.2) is 0 Å². The number of carboxylic acids is 1. The van der Waals surface area contributed by atoms with Crippen LogP contribution in [0.15, 0.2) is 30.6 Å². The molecule has 2 heterocycles. The van der Waals surface area contributed by atoms with Crippen LogP contribution in [0.4, 0.5) is 0 Å². The SMILES string of the molecule is O=C(O)CCn1ccc2cccnc21. The van der Waals surface area contributed by atoms with Crippen LogP contribution < -0.4 is 0 Å². The number of carbonyl (C=O) groups is 1. The van der Waals surface area contributed by atoms with Crippen LogP contribution in [-0.4, -0.2) is 20.6 Å². The first-order chi connectivity index (χ1) is 6.77. The van der Waals surface area contributed by atoms with E-state index in [2.05, 4.69) is 4.98 Å². The summed E-state index contributed by atoms with van der Waals surface area (Å²) < 4.78 is 1.85. The molecular formula is C10H10N2O2. The molecule has 0 spiro atoms. The molecular weight excluding hydrogens is 180 g/mol. The Bertz CT molecular complexity index is 462. The molecule has 4 nitrogen and oxygen atoms in total. The van der Waals surface area contributed by atoms with Gasteiger partial charge in [0.05, 0.1) is 6.42 Å². The average Bonchev–Trinajstić information content (AvgIpc) is 2.58. The molecule has 2 aromatic rings. The summed E-state index contributed by atoms with van der Waals surface area (Å²) in [7, 11) is 0. The van der Waals surface area contributed by atoms with Gasteiger partial charge in [-0.25, -0.2) is 4.98 Å². The maximum Gasteiger partial charge on any atom is 0.305 e. The molecule has 14 heavy (non-hydrogen) atoms. The summed E-state index contributed by atoms with van der Waals surface area (Å²) in [4.78, 5) is 14.6. The third kappa shape index (κ3) is 1.59. The molecule has 0 bridgehead atoms. The molecule has 0 unspecified atom stereocenters. The number of fused-ring (bicyclic) bond motifs is 1. The molecule has 0 aliphatic heterocycles. The highest BCUT2D eigenvalue weighted by molar-refractivity contribution is 5.76. The van der Waals surface area contributed by atoms with Gasteiger partial charge in [-0.3, -0.25) is 4.79 Å². The standard InChI is InChI=1S/C10H10N2O2/c13-9(14)4-7-12-6-3-8-2-1-5-11-10(8)12/h1-3,5-6H,4,7H2,(H,13,14). The van der Waals surface area contributed by atoms with Gasteiger partial charge in [-0.15, -0.1) is 0 Å². The first-order valence-corrected chi connectivity index (χ1v) is 4.39. The van der Waals surface area contributed by atoms with Crippen molar-refractivity contribution in [1.82, 2.24) is 9.55 Å². The molecule has 0 aromatic carbocycles. The number of nitrogens with zero attached hydrogens (tertiary/aromatic N) is 2. The van der Waals surface area contributed by atoms with E-state index in [0.717, 1.165) is 11.0 Å². The molecule has 0 saturated carbocycles. The number of hydrogen-bond donors (Lipinski definition) is 1. The lowest BCUT2D eigenvalue weighted by Gasteiger charge is -2.00. The molecule has 0 saturated heterocycles. The van der Waals surface area contributed by atoms with Crippen molar-refractivity contribution in [3.63, 3.8) is 0 Å². The lowest BCUT2D eigenvalue weighted by atomic mass is 10.3. The van der Waals surface area contributed by atoms with E-state index >= 15 is 0 Å². The Balaban J connectivity index is 2.29. The summed E-state index contributed by atoms with van der Waals surface area (Å²) >= 11 is 0. The molecule has 0 radical (unpaired) electrons. The van der Waals surface area contributed by atoms with Gasteiger partial charge in [0.2, 0.25) is 0 Å². The Hall–Kier alpha value is -1.84. The van der Waals surface area contributed by atoms with Crippen LogP contribution >= 0.6 is 0 Å². The van der Waals surface area contributed by atoms with Crippen molar-refractivity contribution in [1.29, 1.82) is 0 Å². The second kappa shape index (κ2) is 3.49. The minimum Gasteiger partial charge on any atom is -0.481 e. The molecule has 0 amide bonds. The molecule has 0 atom stereocenters. The van der Waals surface area contributed by atoms with E-state index in [1.807, 2.05) is 29.0 Å². The van der Waals surface area contributed by atoms with E-state index in [1.54, 1.807) is 6.20 Å². The molecule has 0 fully saturated rings. The Morgan fingerprint density at radius 1 is 1.50 bits per heavy atom. The first-order valence-electron chi connectivity index (χ1n) is 4.39. The zero-order valence-corrected chi connectivity index (χ0v) is 7.55. The predicted octanol–water partition coefficient (Wildman–Crippen LogP) is 1.51. The lowest BCUT2D eigenvalue weighted by Crippen LogP contribution is -2.03. The normalized spacial score (nSPS) is 10.6. The number of hydrogen-bond acceptors (Lipinski definition) is 2. The minimum atomic E-state index is -0.789. The summed E-state index contributed by atoms with van der Waals surface area (Å²) in [5, 5.41) is 9.59. The van der Waals surface area contributed by atoms with Gasteiger partial charge in [0.1, 0.15) is 5.65 Å². The summed E-state index contributed by atoms with van der Waals surface area (Å²) in [6.45, 7) is 0.468. The van der Waals surface area contributed by atoms with Crippen molar-refractivity contribution < 1.29 is 9.90 Å². The van der Waals surface area contributed by atoms with Crippen LogP contribution in [0, 0.1) is 0 Å². The van der Waals surface area contributed by atoms with Crippen LogP contribution in [0.2, 0.25) is 0 Å². The van der Waals surface area contributed by atoms with E-state index < -0.39 is 5.97 Å². The number of aromatic nitrogens is 2. The van der Waals surface area contributed by atoms with E-state index in [1.165, 1.54) is 0 Å². The Kier molecular flexibility index (Phi) is 2.18. The van der Waals surface area contributed by atoms with Crippen LogP contribution in [0.3, 0.4) is 0 Å². The molecule has 72 valence electrons. The van der Waals surface area contributed by atoms with Gasteiger partial charge < -0.3 is 9.67 Å². The molecule has 2 rings (SSSR count). The van der Waals surface area contributed by atoms with E-state index in [-0.39, 0.29) is 6.42 Å². The van der Waals surface area contributed by atoms with Crippen molar-refractivity contribution in [2.75, 3.05) is 0 Å². The second-order valence-electron chi connectivity index (χ2n) is 3.07. The summed E-state index contributed by atoms with van der Waals surface area (Å²) in [5.74, 6) is -0.789. The lowest BCUT2D eigenvalue weighted by molar-refractivity contribution is -0.137. The number of pyridine rings is 1. The van der Waals surface area contributed by atoms with Crippen molar-refractivity contribution in [3.8, 4) is 0 Å². The maximum atomic E-state index is 10.4. The fraction of sp³-hybridized carbons (Fsp3) is 0.200. The van der Waals surface area contributed by atoms with Gasteiger partial charge in [-0.2, -0.15) is 0 Å². The Morgan fingerprint density at radius 2 is 2.36 bits per heavy atom. The first kappa shape index (κ1) is 8.74. The number of aliphatic carboxylic acids is 1. The molecule has 4 heteroatoms. The summed E-state index contributed by atoms with van der Waals surface area (Å²) in [5.41, 5.74) is 0.841. The zero-order valence-electron chi connectivity index (χ0n) is 7.55. The van der Waals surface area contributed by atoms with Crippen LogP contribution in [0.5, 0.6) is 0 Å². The highest BCUT2D eigenvalue weighted by Gasteiger charge is 2.02. The van der Waals surface area contributed by atoms with Gasteiger partial charge in [-0.1, -0.05) is 0 Å². The molecule has 0 aliphatic rings. The van der Waals surface area contributed by atoms with E-state index in [4.69, 9.17) is 5.11 Å². The Labute approximate surface area is 80.8 Å². The van der Waals surface area contributed by atoms with E-state index in [9.17, 15) is 4.79 Å². The maximum absolute atomic E-state index is 10.4. The van der Waals surface area contributed by atoms with Crippen LogP contribution in [-0.2, 0) is 11.3 Å². The highest BCUT2D eigenvalue weighted by atomic mass is 16.4. The topological polar surface area (TPSA) is 55.1 Å².